The van der Waals surface area contributed by atoms with Crippen molar-refractivity contribution < 1.29 is 4.39 Å². The Bertz CT molecular complexity index is 494. The second-order valence-electron chi connectivity index (χ2n) is 3.63. The minimum atomic E-state index is -0.196. The molecule has 1 aromatic carbocycles. The monoisotopic (exact) mass is 236 g/mol. The molecule has 0 aliphatic carbocycles. The van der Waals surface area contributed by atoms with Crippen molar-refractivity contribution in [2.75, 3.05) is 0 Å². The first-order valence-corrected chi connectivity index (χ1v) is 5.90. The molecule has 16 heavy (non-hydrogen) atoms. The highest BCUT2D eigenvalue weighted by Gasteiger charge is 2.07. The molecular weight excluding hydrogens is 223 g/mol. The first-order chi connectivity index (χ1) is 7.69. The Labute approximate surface area is 97.9 Å². The van der Waals surface area contributed by atoms with Crippen LogP contribution in [0.4, 0.5) is 4.39 Å². The summed E-state index contributed by atoms with van der Waals surface area (Å²) in [5.74, 6) is -0.196. The van der Waals surface area contributed by atoms with E-state index in [1.54, 1.807) is 23.5 Å². The van der Waals surface area contributed by atoms with Crippen molar-refractivity contribution in [2.24, 2.45) is 5.73 Å². The highest BCUT2D eigenvalue weighted by Crippen LogP contribution is 2.21. The molecule has 0 saturated carbocycles. The van der Waals surface area contributed by atoms with Crippen LogP contribution in [-0.4, -0.2) is 4.98 Å². The van der Waals surface area contributed by atoms with Crippen LogP contribution < -0.4 is 5.73 Å². The van der Waals surface area contributed by atoms with Crippen LogP contribution in [0.2, 0.25) is 0 Å². The summed E-state index contributed by atoms with van der Waals surface area (Å²) in [6.45, 7) is 2.43. The summed E-state index contributed by atoms with van der Waals surface area (Å²) in [5.41, 5.74) is 7.50. The molecule has 84 valence electrons. The van der Waals surface area contributed by atoms with Gasteiger partial charge in [0.15, 0.2) is 0 Å². The Morgan fingerprint density at radius 3 is 2.88 bits per heavy atom. The number of benzene rings is 1. The Balaban J connectivity index is 2.23. The maximum absolute atomic E-state index is 13.0. The number of hydrogen-bond donors (Lipinski definition) is 1. The average molecular weight is 236 g/mol. The van der Waals surface area contributed by atoms with Crippen molar-refractivity contribution in [3.8, 4) is 0 Å². The zero-order valence-corrected chi connectivity index (χ0v) is 9.85. The van der Waals surface area contributed by atoms with Gasteiger partial charge in [-0.05, 0) is 24.6 Å². The number of nitrogens with zero attached hydrogens (tertiary/aromatic N) is 1. The van der Waals surface area contributed by atoms with Crippen LogP contribution in [0.25, 0.3) is 0 Å². The molecule has 0 radical (unpaired) electrons. The third-order valence-corrected chi connectivity index (χ3v) is 3.55. The maximum Gasteiger partial charge on any atom is 0.123 e. The average Bonchev–Trinajstić information content (AvgIpc) is 2.60. The molecule has 0 aliphatic heterocycles. The van der Waals surface area contributed by atoms with Crippen molar-refractivity contribution in [1.29, 1.82) is 0 Å². The fourth-order valence-corrected chi connectivity index (χ4v) is 2.55. The van der Waals surface area contributed by atoms with E-state index in [1.165, 1.54) is 6.07 Å². The smallest absolute Gasteiger partial charge is 0.123 e. The van der Waals surface area contributed by atoms with Crippen LogP contribution in [0.15, 0.2) is 24.3 Å². The molecule has 0 atom stereocenters. The van der Waals surface area contributed by atoms with Gasteiger partial charge in [-0.3, -0.25) is 0 Å². The van der Waals surface area contributed by atoms with E-state index in [2.05, 4.69) is 4.98 Å². The molecule has 0 amide bonds. The van der Waals surface area contributed by atoms with Crippen molar-refractivity contribution >= 4 is 11.3 Å². The quantitative estimate of drug-likeness (QED) is 0.889. The van der Waals surface area contributed by atoms with Gasteiger partial charge in [-0.1, -0.05) is 12.1 Å². The summed E-state index contributed by atoms with van der Waals surface area (Å²) < 4.78 is 13.0. The summed E-state index contributed by atoms with van der Waals surface area (Å²) >= 11 is 1.60. The third kappa shape index (κ3) is 2.46. The van der Waals surface area contributed by atoms with E-state index in [0.29, 0.717) is 6.54 Å². The van der Waals surface area contributed by atoms with Crippen molar-refractivity contribution in [2.45, 2.75) is 19.9 Å². The van der Waals surface area contributed by atoms with Crippen molar-refractivity contribution in [3.63, 3.8) is 0 Å². The summed E-state index contributed by atoms with van der Waals surface area (Å²) in [5, 5.41) is 0.934. The van der Waals surface area contributed by atoms with Gasteiger partial charge in [0.05, 0.1) is 5.69 Å². The van der Waals surface area contributed by atoms with Gasteiger partial charge in [-0.15, -0.1) is 11.3 Å². The zero-order valence-electron chi connectivity index (χ0n) is 9.03. The Hall–Kier alpha value is -1.26. The lowest BCUT2D eigenvalue weighted by molar-refractivity contribution is 0.626. The molecule has 0 saturated heterocycles. The van der Waals surface area contributed by atoms with Crippen LogP contribution in [0.3, 0.4) is 0 Å². The van der Waals surface area contributed by atoms with Crippen LogP contribution >= 0.6 is 11.3 Å². The van der Waals surface area contributed by atoms with Gasteiger partial charge in [-0.2, -0.15) is 0 Å². The maximum atomic E-state index is 13.0. The molecule has 1 aromatic heterocycles. The molecule has 0 unspecified atom stereocenters. The molecule has 2 aromatic rings. The van der Waals surface area contributed by atoms with E-state index in [1.807, 2.05) is 13.0 Å². The second kappa shape index (κ2) is 4.72. The first-order valence-electron chi connectivity index (χ1n) is 5.08. The number of hydrogen-bond acceptors (Lipinski definition) is 3. The van der Waals surface area contributed by atoms with Crippen LogP contribution in [0.5, 0.6) is 0 Å². The fraction of sp³-hybridized carbons (Fsp3) is 0.250. The molecule has 2 rings (SSSR count). The molecule has 0 spiro atoms. The molecule has 2 N–H and O–H groups in total. The Morgan fingerprint density at radius 2 is 2.25 bits per heavy atom. The van der Waals surface area contributed by atoms with E-state index >= 15 is 0 Å². The topological polar surface area (TPSA) is 38.9 Å². The zero-order chi connectivity index (χ0) is 11.5. The minimum absolute atomic E-state index is 0.196. The van der Waals surface area contributed by atoms with Gasteiger partial charge in [0, 0.05) is 17.8 Å². The number of halogens is 1. The van der Waals surface area contributed by atoms with Crippen LogP contribution in [-0.2, 0) is 13.0 Å². The highest BCUT2D eigenvalue weighted by atomic mass is 32.1. The van der Waals surface area contributed by atoms with Gasteiger partial charge in [0.25, 0.3) is 0 Å². The lowest BCUT2D eigenvalue weighted by Gasteiger charge is -1.99. The van der Waals surface area contributed by atoms with E-state index < -0.39 is 0 Å². The molecule has 0 aliphatic rings. The van der Waals surface area contributed by atoms with Crippen molar-refractivity contribution in [1.82, 2.24) is 4.98 Å². The van der Waals surface area contributed by atoms with Gasteiger partial charge < -0.3 is 5.73 Å². The lowest BCUT2D eigenvalue weighted by Crippen LogP contribution is -1.94. The molecule has 0 bridgehead atoms. The summed E-state index contributed by atoms with van der Waals surface area (Å²) in [4.78, 5) is 5.51. The normalized spacial score (nSPS) is 10.7. The molecule has 1 heterocycles. The number of nitrogens with two attached hydrogens (primary N) is 1. The summed E-state index contributed by atoms with van der Waals surface area (Å²) in [6, 6.07) is 6.66. The number of aryl methyl sites for hydroxylation is 1. The van der Waals surface area contributed by atoms with Gasteiger partial charge in [0.1, 0.15) is 10.8 Å². The third-order valence-electron chi connectivity index (χ3n) is 2.37. The fourth-order valence-electron chi connectivity index (χ4n) is 1.57. The summed E-state index contributed by atoms with van der Waals surface area (Å²) in [7, 11) is 0. The molecule has 4 heteroatoms. The van der Waals surface area contributed by atoms with Gasteiger partial charge >= 0.3 is 0 Å². The van der Waals surface area contributed by atoms with Gasteiger partial charge in [0.2, 0.25) is 0 Å². The molecule has 2 nitrogen and oxygen atoms in total. The largest absolute Gasteiger partial charge is 0.325 e. The van der Waals surface area contributed by atoms with Crippen LogP contribution in [0, 0.1) is 12.7 Å². The number of aromatic nitrogens is 1. The standard InChI is InChI=1S/C12H13FN2S/c1-8-11(16-12(7-14)15-8)6-9-3-2-4-10(13)5-9/h2-5H,6-7,14H2,1H3. The predicted octanol–water partition coefficient (Wildman–Crippen LogP) is 2.64. The van der Waals surface area contributed by atoms with Crippen molar-refractivity contribution in [3.05, 3.63) is 51.2 Å². The molecule has 0 fully saturated rings. The number of rotatable bonds is 3. The Kier molecular flexibility index (Phi) is 3.31. The second-order valence-corrected chi connectivity index (χ2v) is 4.80. The van der Waals surface area contributed by atoms with Gasteiger partial charge in [-0.25, -0.2) is 9.37 Å². The first kappa shape index (κ1) is 11.2. The van der Waals surface area contributed by atoms with E-state index in [4.69, 9.17) is 5.73 Å². The van der Waals surface area contributed by atoms with E-state index in [9.17, 15) is 4.39 Å². The molecular formula is C12H13FN2S. The SMILES string of the molecule is Cc1nc(CN)sc1Cc1cccc(F)c1. The van der Waals surface area contributed by atoms with E-state index in [0.717, 1.165) is 27.6 Å². The highest BCUT2D eigenvalue weighted by molar-refractivity contribution is 7.11. The minimum Gasteiger partial charge on any atom is -0.325 e. The number of thiazole rings is 1. The summed E-state index contributed by atoms with van der Waals surface area (Å²) in [6.07, 6.45) is 0.723. The Morgan fingerprint density at radius 1 is 1.44 bits per heavy atom. The lowest BCUT2D eigenvalue weighted by atomic mass is 10.1. The van der Waals surface area contributed by atoms with Crippen LogP contribution in [0.1, 0.15) is 21.1 Å². The van der Waals surface area contributed by atoms with E-state index in [-0.39, 0.29) is 5.82 Å². The predicted molar refractivity (Wildman–Crippen MR) is 63.9 cm³/mol.